The average molecular weight is 368 g/mol. The van der Waals surface area contributed by atoms with Crippen molar-refractivity contribution in [1.29, 1.82) is 0 Å². The highest BCUT2D eigenvalue weighted by molar-refractivity contribution is 7.90. The maximum absolute atomic E-state index is 12.3. The van der Waals surface area contributed by atoms with E-state index in [4.69, 9.17) is 9.47 Å². The van der Waals surface area contributed by atoms with Gasteiger partial charge in [-0.3, -0.25) is 5.32 Å². The third-order valence-corrected chi connectivity index (χ3v) is 4.13. The number of nitrogens with one attached hydrogen (secondary N) is 3. The summed E-state index contributed by atoms with van der Waals surface area (Å²) in [7, 11) is 0.0697. The fourth-order valence-electron chi connectivity index (χ4n) is 1.76. The molecular formula is C13H16N6O5S. The van der Waals surface area contributed by atoms with Crippen molar-refractivity contribution < 1.29 is 22.7 Å². The summed E-state index contributed by atoms with van der Waals surface area (Å²) in [6, 6.07) is 3.40. The molecule has 11 nitrogen and oxygen atoms in total. The van der Waals surface area contributed by atoms with Crippen LogP contribution in [-0.2, 0) is 10.0 Å². The lowest BCUT2D eigenvalue weighted by Gasteiger charge is -2.11. The van der Waals surface area contributed by atoms with E-state index in [0.717, 1.165) is 0 Å². The third-order valence-electron chi connectivity index (χ3n) is 2.84. The Balaban J connectivity index is 2.19. The lowest BCUT2D eigenvalue weighted by molar-refractivity contribution is 0.256. The molecule has 0 fully saturated rings. The van der Waals surface area contributed by atoms with Crippen molar-refractivity contribution in [2.75, 3.05) is 31.9 Å². The molecule has 2 aromatic rings. The van der Waals surface area contributed by atoms with E-state index >= 15 is 0 Å². The minimum atomic E-state index is -4.21. The Bertz CT molecular complexity index is 851. The van der Waals surface area contributed by atoms with E-state index in [0.29, 0.717) is 0 Å². The van der Waals surface area contributed by atoms with Gasteiger partial charge in [-0.25, -0.2) is 14.5 Å². The van der Waals surface area contributed by atoms with Crippen LogP contribution >= 0.6 is 0 Å². The van der Waals surface area contributed by atoms with Crippen LogP contribution in [0.3, 0.4) is 0 Å². The van der Waals surface area contributed by atoms with Gasteiger partial charge in [0.1, 0.15) is 0 Å². The van der Waals surface area contributed by atoms with Gasteiger partial charge in [-0.1, -0.05) is 0 Å². The normalized spacial score (nSPS) is 10.7. The van der Waals surface area contributed by atoms with Gasteiger partial charge in [0, 0.05) is 13.2 Å². The van der Waals surface area contributed by atoms with E-state index in [1.807, 2.05) is 4.72 Å². The van der Waals surface area contributed by atoms with Crippen LogP contribution in [0.4, 0.5) is 16.4 Å². The summed E-state index contributed by atoms with van der Waals surface area (Å²) in [6.07, 6.45) is 1.29. The monoisotopic (exact) mass is 368 g/mol. The van der Waals surface area contributed by atoms with Crippen molar-refractivity contribution in [2.24, 2.45) is 0 Å². The molecule has 134 valence electrons. The number of ether oxygens (including phenoxy) is 2. The predicted octanol–water partition coefficient (Wildman–Crippen LogP) is 0.441. The predicted molar refractivity (Wildman–Crippen MR) is 88.3 cm³/mol. The second-order valence-corrected chi connectivity index (χ2v) is 6.04. The Kier molecular flexibility index (Phi) is 5.54. The number of nitrogens with zero attached hydrogens (tertiary/aromatic N) is 3. The fraction of sp³-hybridized carbons (Fsp3) is 0.231. The van der Waals surface area contributed by atoms with E-state index in [1.54, 1.807) is 6.07 Å². The first-order valence-electron chi connectivity index (χ1n) is 6.83. The van der Waals surface area contributed by atoms with E-state index in [1.165, 1.54) is 39.6 Å². The number of carbonyl (C=O) groups is 1. The second-order valence-electron chi connectivity index (χ2n) is 4.44. The molecule has 0 spiro atoms. The minimum absolute atomic E-state index is 0.132. The first kappa shape index (κ1) is 18.2. The number of rotatable bonds is 6. The zero-order chi connectivity index (χ0) is 18.4. The van der Waals surface area contributed by atoms with Crippen LogP contribution in [0.1, 0.15) is 0 Å². The smallest absolute Gasteiger partial charge is 0.335 e. The van der Waals surface area contributed by atoms with Crippen LogP contribution < -0.4 is 24.8 Å². The van der Waals surface area contributed by atoms with Gasteiger partial charge < -0.3 is 14.8 Å². The number of amides is 2. The van der Waals surface area contributed by atoms with Crippen LogP contribution in [0.5, 0.6) is 11.8 Å². The number of hydrogen-bond acceptors (Lipinski definition) is 9. The highest BCUT2D eigenvalue weighted by Crippen LogP contribution is 2.18. The summed E-state index contributed by atoms with van der Waals surface area (Å²) in [5.41, 5.74) is 0.238. The molecular weight excluding hydrogens is 352 g/mol. The van der Waals surface area contributed by atoms with Crippen LogP contribution in [0.15, 0.2) is 29.4 Å². The average Bonchev–Trinajstić information content (AvgIpc) is 2.60. The summed E-state index contributed by atoms with van der Waals surface area (Å²) >= 11 is 0. The number of pyridine rings is 1. The van der Waals surface area contributed by atoms with E-state index in [2.05, 4.69) is 25.6 Å². The molecule has 0 bridgehead atoms. The molecule has 0 aliphatic carbocycles. The zero-order valence-electron chi connectivity index (χ0n) is 13.6. The number of sulfonamides is 1. The maximum Gasteiger partial charge on any atom is 0.335 e. The van der Waals surface area contributed by atoms with E-state index < -0.39 is 16.1 Å². The van der Waals surface area contributed by atoms with Gasteiger partial charge in [0.05, 0.1) is 26.0 Å². The number of methoxy groups -OCH3 is 2. The number of anilines is 2. The van der Waals surface area contributed by atoms with Crippen LogP contribution in [0.2, 0.25) is 0 Å². The lowest BCUT2D eigenvalue weighted by atomic mass is 10.4. The van der Waals surface area contributed by atoms with Gasteiger partial charge in [0.15, 0.2) is 5.03 Å². The number of aromatic nitrogens is 3. The number of carbonyl (C=O) groups excluding carboxylic acids is 1. The van der Waals surface area contributed by atoms with Crippen molar-refractivity contribution >= 4 is 27.7 Å². The summed E-state index contributed by atoms with van der Waals surface area (Å²) < 4.78 is 36.3. The molecule has 0 aromatic carbocycles. The quantitative estimate of drug-likeness (QED) is 0.661. The zero-order valence-corrected chi connectivity index (χ0v) is 14.4. The van der Waals surface area contributed by atoms with Gasteiger partial charge in [0.2, 0.25) is 17.7 Å². The first-order chi connectivity index (χ1) is 11.9. The molecule has 2 rings (SSSR count). The molecule has 0 atom stereocenters. The minimum Gasteiger partial charge on any atom is -0.481 e. The molecule has 2 heterocycles. The van der Waals surface area contributed by atoms with E-state index in [-0.39, 0.29) is 28.4 Å². The Morgan fingerprint density at radius 1 is 1.16 bits per heavy atom. The van der Waals surface area contributed by atoms with Gasteiger partial charge >= 0.3 is 6.03 Å². The highest BCUT2D eigenvalue weighted by Gasteiger charge is 2.23. The van der Waals surface area contributed by atoms with Gasteiger partial charge in [0.25, 0.3) is 10.0 Å². The van der Waals surface area contributed by atoms with Crippen LogP contribution in [0, 0.1) is 0 Å². The highest BCUT2D eigenvalue weighted by atomic mass is 32.2. The summed E-state index contributed by atoms with van der Waals surface area (Å²) in [5.74, 6) is 0.0677. The topological polar surface area (TPSA) is 144 Å². The lowest BCUT2D eigenvalue weighted by Crippen LogP contribution is -2.35. The molecule has 0 radical (unpaired) electrons. The summed E-state index contributed by atoms with van der Waals surface area (Å²) in [5, 5.41) is 4.56. The Labute approximate surface area is 143 Å². The standard InChI is InChI=1S/C13H16N6O5S/c1-14-8-5-4-6-15-11(8)25(21,22)19-13(20)18-12-16-9(23-2)7-10(17-12)24-3/h4-7,14H,1-3H3,(H2,16,17,18,19,20). The molecule has 0 aliphatic heterocycles. The maximum atomic E-state index is 12.3. The van der Waals surface area contributed by atoms with Crippen molar-refractivity contribution in [3.8, 4) is 11.8 Å². The fourth-order valence-corrected chi connectivity index (χ4v) is 2.81. The van der Waals surface area contributed by atoms with Crippen LogP contribution in [-0.4, -0.2) is 50.7 Å². The van der Waals surface area contributed by atoms with Crippen molar-refractivity contribution in [3.05, 3.63) is 24.4 Å². The Morgan fingerprint density at radius 3 is 2.36 bits per heavy atom. The SMILES string of the molecule is CNc1cccnc1S(=O)(=O)NC(=O)Nc1nc(OC)cc(OC)n1. The molecule has 3 N–H and O–H groups in total. The van der Waals surface area contributed by atoms with E-state index in [9.17, 15) is 13.2 Å². The van der Waals surface area contributed by atoms with Gasteiger partial charge in [-0.2, -0.15) is 18.4 Å². The van der Waals surface area contributed by atoms with Crippen molar-refractivity contribution in [3.63, 3.8) is 0 Å². The number of urea groups is 1. The second kappa shape index (κ2) is 7.61. The molecule has 0 saturated heterocycles. The Hall–Kier alpha value is -3.15. The van der Waals surface area contributed by atoms with Gasteiger partial charge in [-0.05, 0) is 12.1 Å². The van der Waals surface area contributed by atoms with Gasteiger partial charge in [-0.15, -0.1) is 0 Å². The summed E-state index contributed by atoms with van der Waals surface area (Å²) in [4.78, 5) is 23.5. The molecule has 2 amide bonds. The van der Waals surface area contributed by atoms with Crippen molar-refractivity contribution in [2.45, 2.75) is 5.03 Å². The molecule has 0 unspecified atom stereocenters. The molecule has 0 saturated carbocycles. The molecule has 0 aliphatic rings. The molecule has 25 heavy (non-hydrogen) atoms. The first-order valence-corrected chi connectivity index (χ1v) is 8.31. The molecule has 12 heteroatoms. The number of hydrogen-bond donors (Lipinski definition) is 3. The Morgan fingerprint density at radius 2 is 1.80 bits per heavy atom. The third kappa shape index (κ3) is 4.44. The van der Waals surface area contributed by atoms with Crippen LogP contribution in [0.25, 0.3) is 0 Å². The summed E-state index contributed by atoms with van der Waals surface area (Å²) in [6.45, 7) is 0. The van der Waals surface area contributed by atoms with Crippen molar-refractivity contribution in [1.82, 2.24) is 19.7 Å². The molecule has 2 aromatic heterocycles. The largest absolute Gasteiger partial charge is 0.481 e.